The van der Waals surface area contributed by atoms with Crippen molar-refractivity contribution in [3.63, 3.8) is 0 Å². The molecule has 3 fully saturated rings. The van der Waals surface area contributed by atoms with Crippen LogP contribution in [0.1, 0.15) is 110 Å². The standard InChI is InChI=1S/C41H52F2N4O9S/c1-24-33-32(28-19-27(54-6)14-15-29(28)44-24)41(42,43)22-39(56-33)21-30-34(49)45-40(36(51)46-57(52,53)38(5)16-17-38)20-26(40)13-11-9-7-8-10-12-25(35(50)47(30)23-39)18-31(48)55-37(2,3)4/h11,13-15,19,25-26,30H,7-10,12,16-18,20-23H2,1-6H3,(H,45,49)(H,46,51)/b13-11-/t25-,26-,30+,39+,40-/m1/s1. The zero-order valence-corrected chi connectivity index (χ0v) is 34.2. The van der Waals surface area contributed by atoms with Crippen LogP contribution in [0.15, 0.2) is 30.4 Å². The topological polar surface area (TPSA) is 170 Å². The lowest BCUT2D eigenvalue weighted by Gasteiger charge is -2.40. The van der Waals surface area contributed by atoms with Crippen molar-refractivity contribution < 1.29 is 50.6 Å². The second kappa shape index (κ2) is 14.2. The van der Waals surface area contributed by atoms with Crippen molar-refractivity contribution in [2.45, 2.75) is 139 Å². The molecule has 2 N–H and O–H groups in total. The summed E-state index contributed by atoms with van der Waals surface area (Å²) in [6, 6.07) is 3.27. The molecule has 16 heteroatoms. The molecule has 5 atom stereocenters. The molecule has 2 aromatic rings. The Morgan fingerprint density at radius 3 is 2.54 bits per heavy atom. The van der Waals surface area contributed by atoms with E-state index in [0.29, 0.717) is 43.4 Å². The molecule has 4 heterocycles. The lowest BCUT2D eigenvalue weighted by Crippen LogP contribution is -2.57. The highest BCUT2D eigenvalue weighted by Gasteiger charge is 2.65. The van der Waals surface area contributed by atoms with Crippen LogP contribution in [-0.2, 0) is 39.9 Å². The van der Waals surface area contributed by atoms with Crippen molar-refractivity contribution in [2.24, 2.45) is 11.8 Å². The van der Waals surface area contributed by atoms with E-state index < -0.39 is 92.0 Å². The highest BCUT2D eigenvalue weighted by molar-refractivity contribution is 7.91. The molecule has 1 spiro atoms. The minimum atomic E-state index is -4.08. The fraction of sp³-hybridized carbons (Fsp3) is 0.634. The first kappa shape index (κ1) is 40.8. The Morgan fingerprint density at radius 2 is 1.86 bits per heavy atom. The molecule has 1 aromatic carbocycles. The number of carbonyl (C=O) groups excluding carboxylic acids is 4. The Bertz CT molecular complexity index is 2150. The zero-order chi connectivity index (χ0) is 41.3. The van der Waals surface area contributed by atoms with Gasteiger partial charge in [0.2, 0.25) is 21.8 Å². The van der Waals surface area contributed by atoms with Crippen LogP contribution in [0.5, 0.6) is 11.5 Å². The van der Waals surface area contributed by atoms with Crippen molar-refractivity contribution in [3.8, 4) is 11.5 Å². The first-order valence-corrected chi connectivity index (χ1v) is 21.2. The maximum absolute atomic E-state index is 16.8. The number of amides is 3. The molecule has 0 bridgehead atoms. The molecule has 1 aromatic heterocycles. The molecule has 5 aliphatic rings. The fourth-order valence-corrected chi connectivity index (χ4v) is 9.92. The van der Waals surface area contributed by atoms with Crippen LogP contribution < -0.4 is 19.5 Å². The van der Waals surface area contributed by atoms with Gasteiger partial charge in [-0.05, 0) is 91.3 Å². The Morgan fingerprint density at radius 1 is 1.12 bits per heavy atom. The summed E-state index contributed by atoms with van der Waals surface area (Å²) in [4.78, 5) is 62.3. The lowest BCUT2D eigenvalue weighted by molar-refractivity contribution is -0.159. The molecular formula is C41H52F2N4O9S. The van der Waals surface area contributed by atoms with Gasteiger partial charge in [-0.2, -0.15) is 0 Å². The summed E-state index contributed by atoms with van der Waals surface area (Å²) in [6.45, 7) is 7.81. The highest BCUT2D eigenvalue weighted by atomic mass is 32.2. The maximum atomic E-state index is 16.8. The number of pyridine rings is 1. The number of esters is 1. The summed E-state index contributed by atoms with van der Waals surface area (Å²) in [5.74, 6) is -7.74. The number of fused-ring (bicyclic) bond motifs is 5. The van der Waals surface area contributed by atoms with Gasteiger partial charge < -0.3 is 24.4 Å². The molecule has 0 unspecified atom stereocenters. The van der Waals surface area contributed by atoms with E-state index in [1.165, 1.54) is 18.1 Å². The average molecular weight is 815 g/mol. The maximum Gasteiger partial charge on any atom is 0.307 e. The number of allylic oxidation sites excluding steroid dienone is 1. The smallest absolute Gasteiger partial charge is 0.307 e. The van der Waals surface area contributed by atoms with E-state index in [2.05, 4.69) is 15.0 Å². The van der Waals surface area contributed by atoms with Gasteiger partial charge in [0.25, 0.3) is 11.8 Å². The van der Waals surface area contributed by atoms with E-state index in [0.717, 1.165) is 6.42 Å². The Balaban J connectivity index is 1.28. The largest absolute Gasteiger partial charge is 0.497 e. The molecule has 310 valence electrons. The zero-order valence-electron chi connectivity index (χ0n) is 33.3. The molecule has 57 heavy (non-hydrogen) atoms. The molecule has 13 nitrogen and oxygen atoms in total. The fourth-order valence-electron chi connectivity index (χ4n) is 8.61. The second-order valence-corrected chi connectivity index (χ2v) is 20.0. The van der Waals surface area contributed by atoms with Crippen LogP contribution in [0.25, 0.3) is 10.9 Å². The van der Waals surface area contributed by atoms with E-state index >= 15 is 8.78 Å². The Labute approximate surface area is 331 Å². The van der Waals surface area contributed by atoms with Gasteiger partial charge in [-0.1, -0.05) is 25.0 Å². The predicted octanol–water partition coefficient (Wildman–Crippen LogP) is 5.51. The second-order valence-electron chi connectivity index (χ2n) is 17.8. The number of sulfonamides is 1. The van der Waals surface area contributed by atoms with Gasteiger partial charge in [-0.25, -0.2) is 22.2 Å². The normalized spacial score (nSPS) is 30.0. The van der Waals surface area contributed by atoms with Crippen LogP contribution in [0.4, 0.5) is 8.78 Å². The molecule has 0 radical (unpaired) electrons. The summed E-state index contributed by atoms with van der Waals surface area (Å²) in [6.07, 6.45) is 5.94. The van der Waals surface area contributed by atoms with E-state index in [-0.39, 0.29) is 48.1 Å². The number of nitrogens with zero attached hydrogens (tertiary/aromatic N) is 2. The number of rotatable bonds is 6. The summed E-state index contributed by atoms with van der Waals surface area (Å²) in [7, 11) is -2.65. The lowest BCUT2D eigenvalue weighted by atomic mass is 9.84. The van der Waals surface area contributed by atoms with Gasteiger partial charge in [0, 0.05) is 23.6 Å². The van der Waals surface area contributed by atoms with E-state index in [1.54, 1.807) is 52.8 Å². The average Bonchev–Trinajstić information content (AvgIpc) is 4.00. The molecule has 2 saturated carbocycles. The van der Waals surface area contributed by atoms with Gasteiger partial charge in [0.1, 0.15) is 28.5 Å². The van der Waals surface area contributed by atoms with Crippen molar-refractivity contribution in [1.82, 2.24) is 19.9 Å². The molecule has 3 amide bonds. The predicted molar refractivity (Wildman–Crippen MR) is 205 cm³/mol. The number of ether oxygens (including phenoxy) is 3. The third-order valence-electron chi connectivity index (χ3n) is 12.1. The number of benzene rings is 1. The summed E-state index contributed by atoms with van der Waals surface area (Å²) < 4.78 is 78.6. The van der Waals surface area contributed by atoms with Crippen molar-refractivity contribution in [1.29, 1.82) is 0 Å². The Hall–Kier alpha value is -4.34. The number of hydrogen-bond donors (Lipinski definition) is 2. The number of aromatic nitrogens is 1. The van der Waals surface area contributed by atoms with Gasteiger partial charge in [0.15, 0.2) is 5.75 Å². The Kier molecular flexibility index (Phi) is 10.2. The van der Waals surface area contributed by atoms with E-state index in [1.807, 2.05) is 6.08 Å². The first-order chi connectivity index (χ1) is 26.6. The van der Waals surface area contributed by atoms with Gasteiger partial charge in [0.05, 0.1) is 48.0 Å². The summed E-state index contributed by atoms with van der Waals surface area (Å²) >= 11 is 0. The van der Waals surface area contributed by atoms with E-state index in [9.17, 15) is 27.6 Å². The number of carbonyl (C=O) groups is 4. The number of aryl methyl sites for hydroxylation is 1. The molecule has 1 saturated heterocycles. The van der Waals surface area contributed by atoms with Crippen LogP contribution in [0.2, 0.25) is 0 Å². The summed E-state index contributed by atoms with van der Waals surface area (Å²) in [5.41, 5.74) is -4.13. The molecule has 3 aliphatic heterocycles. The quantitative estimate of drug-likeness (QED) is 0.280. The number of hydrogen-bond acceptors (Lipinski definition) is 10. The number of methoxy groups -OCH3 is 1. The number of halogens is 2. The molecule has 7 rings (SSSR count). The summed E-state index contributed by atoms with van der Waals surface area (Å²) in [5, 5.41) is 2.94. The van der Waals surface area contributed by atoms with Crippen molar-refractivity contribution >= 4 is 44.6 Å². The minimum Gasteiger partial charge on any atom is -0.497 e. The third kappa shape index (κ3) is 7.82. The first-order valence-electron chi connectivity index (χ1n) is 19.8. The molecular weight excluding hydrogens is 763 g/mol. The minimum absolute atomic E-state index is 0.101. The third-order valence-corrected chi connectivity index (χ3v) is 14.3. The van der Waals surface area contributed by atoms with E-state index in [4.69, 9.17) is 14.2 Å². The van der Waals surface area contributed by atoms with Gasteiger partial charge in [-0.15, -0.1) is 0 Å². The highest BCUT2D eigenvalue weighted by Crippen LogP contribution is 2.55. The van der Waals surface area contributed by atoms with Crippen molar-refractivity contribution in [3.05, 3.63) is 41.6 Å². The SMILES string of the molecule is COc1ccc2nc(C)c3c(c2c1)C(F)(F)C[C@]1(C[C@H]2C(=O)N[C@]4(C(=O)NS(=O)(=O)C5(C)CC5)C[C@H]4/C=C\CCCCC[C@H](CC(=O)OC(C)(C)C)C(=O)N2C1)O3. The molecule has 2 aliphatic carbocycles. The monoisotopic (exact) mass is 814 g/mol. The van der Waals surface area contributed by atoms with Gasteiger partial charge >= 0.3 is 5.97 Å². The van der Waals surface area contributed by atoms with Crippen LogP contribution in [0, 0.1) is 18.8 Å². The number of nitrogens with one attached hydrogen (secondary N) is 2. The van der Waals surface area contributed by atoms with Crippen LogP contribution in [-0.4, -0.2) is 83.2 Å². The number of alkyl halides is 2. The van der Waals surface area contributed by atoms with Crippen LogP contribution in [0.3, 0.4) is 0 Å². The van der Waals surface area contributed by atoms with Gasteiger partial charge in [-0.3, -0.25) is 23.9 Å². The van der Waals surface area contributed by atoms with Crippen molar-refractivity contribution in [2.75, 3.05) is 13.7 Å². The van der Waals surface area contributed by atoms with Crippen LogP contribution >= 0.6 is 0 Å².